The smallest absolute Gasteiger partial charge is 0.238 e. The summed E-state index contributed by atoms with van der Waals surface area (Å²) in [5, 5.41) is 19.1. The third-order valence-corrected chi connectivity index (χ3v) is 7.94. The number of hydrogen-bond acceptors (Lipinski definition) is 5. The number of nitrogens with two attached hydrogens (primary N) is 1. The first-order chi connectivity index (χ1) is 14.2. The van der Waals surface area contributed by atoms with E-state index in [9.17, 15) is 13.5 Å². The van der Waals surface area contributed by atoms with Crippen molar-refractivity contribution in [2.45, 2.75) is 55.0 Å². The standard InChI is InChI=1S/C23H31N3O3S/c1-23-11-3-13-26(2)21(14-17-6-7-18(27)15-20(17)23)22(23)25-12-10-16-4-8-19(9-5-16)30(24,28)29/h4-9,15,21-22,25,27H,3,10-14H2,1-2H3,(H2,24,28,29)/t21-,22+,23+/m1/s1. The molecule has 1 aliphatic carbocycles. The van der Waals surface area contributed by atoms with Crippen molar-refractivity contribution in [3.8, 4) is 5.75 Å². The number of rotatable bonds is 5. The predicted octanol–water partition coefficient (Wildman–Crippen LogP) is 2.15. The number of phenols is 1. The van der Waals surface area contributed by atoms with Crippen LogP contribution in [0.4, 0.5) is 0 Å². The molecule has 1 saturated heterocycles. The van der Waals surface area contributed by atoms with Crippen molar-refractivity contribution in [1.29, 1.82) is 0 Å². The zero-order chi connectivity index (χ0) is 21.5. The maximum Gasteiger partial charge on any atom is 0.238 e. The minimum Gasteiger partial charge on any atom is -0.508 e. The molecule has 2 aliphatic rings. The van der Waals surface area contributed by atoms with Crippen molar-refractivity contribution in [2.75, 3.05) is 20.1 Å². The highest BCUT2D eigenvalue weighted by Gasteiger charge is 2.47. The molecule has 30 heavy (non-hydrogen) atoms. The zero-order valence-electron chi connectivity index (χ0n) is 17.6. The van der Waals surface area contributed by atoms with Crippen LogP contribution in [0, 0.1) is 0 Å². The van der Waals surface area contributed by atoms with Crippen LogP contribution in [0.2, 0.25) is 0 Å². The number of fused-ring (bicyclic) bond motifs is 4. The van der Waals surface area contributed by atoms with E-state index in [0.717, 1.165) is 44.3 Å². The van der Waals surface area contributed by atoms with Crippen LogP contribution in [0.3, 0.4) is 0 Å². The SMILES string of the molecule is CN1CCC[C@@]2(C)c3cc(O)ccc3C[C@@H]1[C@@H]2NCCc1ccc(S(N)(=O)=O)cc1. The summed E-state index contributed by atoms with van der Waals surface area (Å²) in [6, 6.07) is 13.3. The average molecular weight is 430 g/mol. The van der Waals surface area contributed by atoms with Crippen LogP contribution in [-0.4, -0.2) is 50.6 Å². The fraction of sp³-hybridized carbons (Fsp3) is 0.478. The Morgan fingerprint density at radius 3 is 2.67 bits per heavy atom. The van der Waals surface area contributed by atoms with Gasteiger partial charge in [0.05, 0.1) is 4.90 Å². The van der Waals surface area contributed by atoms with Gasteiger partial charge in [-0.15, -0.1) is 0 Å². The molecule has 0 aromatic heterocycles. The predicted molar refractivity (Wildman–Crippen MR) is 118 cm³/mol. The number of nitrogens with zero attached hydrogens (tertiary/aromatic N) is 1. The lowest BCUT2D eigenvalue weighted by atomic mass is 9.64. The van der Waals surface area contributed by atoms with Gasteiger partial charge >= 0.3 is 0 Å². The molecule has 0 unspecified atom stereocenters. The van der Waals surface area contributed by atoms with Crippen LogP contribution in [0.1, 0.15) is 36.5 Å². The van der Waals surface area contributed by atoms with Crippen molar-refractivity contribution in [1.82, 2.24) is 10.2 Å². The normalized spacial score (nSPS) is 26.8. The van der Waals surface area contributed by atoms with Crippen LogP contribution in [0.15, 0.2) is 47.4 Å². The number of primary sulfonamides is 1. The molecule has 1 fully saturated rings. The third-order valence-electron chi connectivity index (χ3n) is 7.01. The van der Waals surface area contributed by atoms with E-state index in [2.05, 4.69) is 30.3 Å². The average Bonchev–Trinajstić information content (AvgIpc) is 2.77. The molecule has 162 valence electrons. The molecule has 0 spiro atoms. The van der Waals surface area contributed by atoms with E-state index in [-0.39, 0.29) is 16.4 Å². The first kappa shape index (κ1) is 21.3. The summed E-state index contributed by atoms with van der Waals surface area (Å²) >= 11 is 0. The van der Waals surface area contributed by atoms with Crippen LogP contribution in [0.5, 0.6) is 5.75 Å². The summed E-state index contributed by atoms with van der Waals surface area (Å²) in [7, 11) is -1.45. The topological polar surface area (TPSA) is 95.7 Å². The summed E-state index contributed by atoms with van der Waals surface area (Å²) in [5.74, 6) is 0.333. The summed E-state index contributed by atoms with van der Waals surface area (Å²) in [6.45, 7) is 4.20. The minimum atomic E-state index is -3.66. The molecule has 4 rings (SSSR count). The van der Waals surface area contributed by atoms with Crippen molar-refractivity contribution < 1.29 is 13.5 Å². The second-order valence-corrected chi connectivity index (χ2v) is 10.5. The third kappa shape index (κ3) is 3.99. The Labute approximate surface area is 179 Å². The highest BCUT2D eigenvalue weighted by molar-refractivity contribution is 7.89. The number of likely N-dealkylation sites (N-methyl/N-ethyl adjacent to an activating group) is 1. The molecule has 2 aromatic rings. The van der Waals surface area contributed by atoms with Gasteiger partial charge in [0.2, 0.25) is 10.0 Å². The lowest BCUT2D eigenvalue weighted by Crippen LogP contribution is -2.60. The highest BCUT2D eigenvalue weighted by Crippen LogP contribution is 2.45. The largest absolute Gasteiger partial charge is 0.508 e. The van der Waals surface area contributed by atoms with Gasteiger partial charge in [0.25, 0.3) is 0 Å². The minimum absolute atomic E-state index is 0.0424. The molecule has 0 saturated carbocycles. The number of sulfonamides is 1. The van der Waals surface area contributed by atoms with Gasteiger partial charge < -0.3 is 15.3 Å². The number of phenolic OH excluding ortho intramolecular Hbond substituents is 1. The van der Waals surface area contributed by atoms with Crippen molar-refractivity contribution in [3.63, 3.8) is 0 Å². The number of nitrogens with one attached hydrogen (secondary N) is 1. The highest BCUT2D eigenvalue weighted by atomic mass is 32.2. The Morgan fingerprint density at radius 2 is 1.97 bits per heavy atom. The van der Waals surface area contributed by atoms with E-state index in [0.29, 0.717) is 11.8 Å². The maximum atomic E-state index is 11.4. The van der Waals surface area contributed by atoms with E-state index < -0.39 is 10.0 Å². The van der Waals surface area contributed by atoms with Crippen molar-refractivity contribution in [2.24, 2.45) is 5.14 Å². The van der Waals surface area contributed by atoms with E-state index in [1.807, 2.05) is 18.2 Å². The van der Waals surface area contributed by atoms with Crippen LogP contribution >= 0.6 is 0 Å². The van der Waals surface area contributed by atoms with Gasteiger partial charge in [0.15, 0.2) is 0 Å². The van der Waals surface area contributed by atoms with Gasteiger partial charge in [-0.05, 0) is 86.8 Å². The molecule has 1 aliphatic heterocycles. The van der Waals surface area contributed by atoms with Crippen LogP contribution < -0.4 is 10.5 Å². The molecular weight excluding hydrogens is 398 g/mol. The van der Waals surface area contributed by atoms with Gasteiger partial charge in [-0.1, -0.05) is 25.1 Å². The van der Waals surface area contributed by atoms with Crippen molar-refractivity contribution in [3.05, 3.63) is 59.2 Å². The van der Waals surface area contributed by atoms with E-state index >= 15 is 0 Å². The summed E-state index contributed by atoms with van der Waals surface area (Å²) in [5.41, 5.74) is 3.64. The molecule has 7 heteroatoms. The quantitative estimate of drug-likeness (QED) is 0.677. The lowest BCUT2D eigenvalue weighted by molar-refractivity contribution is 0.157. The monoisotopic (exact) mass is 429 g/mol. The van der Waals surface area contributed by atoms with E-state index in [1.165, 1.54) is 11.1 Å². The van der Waals surface area contributed by atoms with E-state index in [1.54, 1.807) is 18.2 Å². The molecular formula is C23H31N3O3S. The lowest BCUT2D eigenvalue weighted by Gasteiger charge is -2.48. The Balaban J connectivity index is 1.54. The van der Waals surface area contributed by atoms with E-state index in [4.69, 9.17) is 5.14 Å². The van der Waals surface area contributed by atoms with Gasteiger partial charge in [-0.25, -0.2) is 13.6 Å². The Bertz CT molecular complexity index is 1020. The van der Waals surface area contributed by atoms with Gasteiger partial charge in [0, 0.05) is 17.5 Å². The Hall–Kier alpha value is -1.93. The van der Waals surface area contributed by atoms with Gasteiger partial charge in [-0.2, -0.15) is 0 Å². The first-order valence-electron chi connectivity index (χ1n) is 10.6. The Morgan fingerprint density at radius 1 is 1.23 bits per heavy atom. The molecule has 1 heterocycles. The first-order valence-corrected chi connectivity index (χ1v) is 12.1. The Kier molecular flexibility index (Phi) is 5.66. The second-order valence-electron chi connectivity index (χ2n) is 8.99. The maximum absolute atomic E-state index is 11.4. The van der Waals surface area contributed by atoms with Crippen molar-refractivity contribution >= 4 is 10.0 Å². The number of hydrogen-bond donors (Lipinski definition) is 3. The second kappa shape index (κ2) is 7.96. The van der Waals surface area contributed by atoms with Crippen LogP contribution in [0.25, 0.3) is 0 Å². The fourth-order valence-electron chi connectivity index (χ4n) is 5.35. The molecule has 2 aromatic carbocycles. The molecule has 0 radical (unpaired) electrons. The fourth-order valence-corrected chi connectivity index (χ4v) is 5.87. The molecule has 2 bridgehead atoms. The summed E-state index contributed by atoms with van der Waals surface area (Å²) in [4.78, 5) is 2.61. The molecule has 4 N–H and O–H groups in total. The number of likely N-dealkylation sites (tertiary alicyclic amines) is 1. The molecule has 0 amide bonds. The molecule has 3 atom stereocenters. The summed E-state index contributed by atoms with van der Waals surface area (Å²) in [6.07, 6.45) is 3.99. The van der Waals surface area contributed by atoms with Gasteiger partial charge in [0.1, 0.15) is 5.75 Å². The zero-order valence-corrected chi connectivity index (χ0v) is 18.5. The van der Waals surface area contributed by atoms with Crippen LogP contribution in [-0.2, 0) is 28.3 Å². The summed E-state index contributed by atoms with van der Waals surface area (Å²) < 4.78 is 22.9. The number of benzene rings is 2. The molecule has 6 nitrogen and oxygen atoms in total. The number of aromatic hydroxyl groups is 1. The van der Waals surface area contributed by atoms with Gasteiger partial charge in [-0.3, -0.25) is 0 Å².